The van der Waals surface area contributed by atoms with Crippen LogP contribution in [0.25, 0.3) is 22.3 Å². The molecule has 5 aromatic rings. The second-order valence-electron chi connectivity index (χ2n) is 11.7. The molecule has 9 nitrogen and oxygen atoms in total. The minimum atomic E-state index is -1.05. The lowest BCUT2D eigenvalue weighted by Crippen LogP contribution is -2.39. The van der Waals surface area contributed by atoms with Gasteiger partial charge in [0.15, 0.2) is 11.6 Å². The molecule has 0 saturated heterocycles. The molecule has 11 heteroatoms. The van der Waals surface area contributed by atoms with Crippen LogP contribution in [0.15, 0.2) is 66.9 Å². The Bertz CT molecular complexity index is 1910. The van der Waals surface area contributed by atoms with Gasteiger partial charge in [0.1, 0.15) is 22.5 Å². The quantitative estimate of drug-likeness (QED) is 0.159. The van der Waals surface area contributed by atoms with Gasteiger partial charge in [-0.25, -0.2) is 23.7 Å². The van der Waals surface area contributed by atoms with Crippen molar-refractivity contribution in [2.75, 3.05) is 10.6 Å². The van der Waals surface area contributed by atoms with E-state index in [1.54, 1.807) is 25.1 Å². The number of hydrogen-bond acceptors (Lipinski definition) is 6. The number of aromatic nitrogens is 4. The Labute approximate surface area is 259 Å². The highest BCUT2D eigenvalue weighted by Gasteiger charge is 2.56. The van der Waals surface area contributed by atoms with Gasteiger partial charge in [0, 0.05) is 29.5 Å². The Morgan fingerprint density at radius 3 is 2.27 bits per heavy atom. The smallest absolute Gasteiger partial charge is 0.240 e. The van der Waals surface area contributed by atoms with E-state index in [4.69, 9.17) is 0 Å². The van der Waals surface area contributed by atoms with E-state index in [0.29, 0.717) is 35.6 Å². The fourth-order valence-electron chi connectivity index (χ4n) is 5.44. The van der Waals surface area contributed by atoms with E-state index < -0.39 is 17.0 Å². The van der Waals surface area contributed by atoms with Crippen molar-refractivity contribution >= 4 is 40.2 Å². The summed E-state index contributed by atoms with van der Waals surface area (Å²) < 4.78 is 31.8. The highest BCUT2D eigenvalue weighted by atomic mass is 19.1. The summed E-state index contributed by atoms with van der Waals surface area (Å²) in [6, 6.07) is 17.6. The van der Waals surface area contributed by atoms with Crippen LogP contribution in [-0.2, 0) is 16.1 Å². The predicted octanol–water partition coefficient (Wildman–Crippen LogP) is 6.75. The highest BCUT2D eigenvalue weighted by molar-refractivity contribution is 6.13. The topological polar surface area (TPSA) is 114 Å². The first-order chi connectivity index (χ1) is 21.5. The number of benzene rings is 3. The third kappa shape index (κ3) is 5.98. The van der Waals surface area contributed by atoms with Gasteiger partial charge < -0.3 is 20.5 Å². The van der Waals surface area contributed by atoms with Crippen molar-refractivity contribution in [3.05, 3.63) is 95.4 Å². The molecule has 2 aromatic heterocycles. The lowest BCUT2D eigenvalue weighted by Gasteiger charge is -2.16. The lowest BCUT2D eigenvalue weighted by atomic mass is 10.0. The van der Waals surface area contributed by atoms with Crippen LogP contribution in [0.5, 0.6) is 0 Å². The van der Waals surface area contributed by atoms with Crippen LogP contribution in [0.1, 0.15) is 49.7 Å². The van der Waals surface area contributed by atoms with E-state index >= 15 is 4.39 Å². The van der Waals surface area contributed by atoms with Crippen molar-refractivity contribution in [2.24, 2.45) is 5.41 Å². The number of fused-ring (bicyclic) bond motifs is 1. The van der Waals surface area contributed by atoms with Crippen molar-refractivity contribution in [1.29, 1.82) is 0 Å². The first-order valence-corrected chi connectivity index (χ1v) is 14.8. The largest absolute Gasteiger partial charge is 0.351 e. The molecule has 3 aromatic carbocycles. The molecule has 0 atom stereocenters. The molecule has 3 N–H and O–H groups in total. The highest BCUT2D eigenvalue weighted by Crippen LogP contribution is 2.47. The normalized spacial score (nSPS) is 13.6. The first-order valence-electron chi connectivity index (χ1n) is 14.8. The summed E-state index contributed by atoms with van der Waals surface area (Å²) in [7, 11) is 0. The number of nitrogens with zero attached hydrogens (tertiary/aromatic N) is 4. The zero-order valence-electron chi connectivity index (χ0n) is 25.4. The fraction of sp³-hybridized carbons (Fsp3) is 0.265. The minimum Gasteiger partial charge on any atom is -0.351 e. The standard InChI is InChI=1S/C34H33F2N7O2/c1-19(2)43-21(4)39-30-26(35)15-23(16-28(30)43)29-27(36)18-38-33(42-29)41-25-11-7-22(8-12-25)17-37-31(44)34(13-14-34)32(45)40-24-9-5-20(3)6-10-24/h5-12,15-16,18-19H,13-14,17H2,1-4H3,(H,37,44)(H,40,45)(H,38,41,42). The molecule has 6 rings (SSSR count). The Morgan fingerprint density at radius 1 is 0.911 bits per heavy atom. The number of nitrogens with one attached hydrogen (secondary N) is 3. The van der Waals surface area contributed by atoms with E-state index in [9.17, 15) is 14.0 Å². The number of amides is 2. The summed E-state index contributed by atoms with van der Waals surface area (Å²) >= 11 is 0. The van der Waals surface area contributed by atoms with Crippen LogP contribution >= 0.6 is 0 Å². The van der Waals surface area contributed by atoms with E-state index in [2.05, 4.69) is 30.9 Å². The van der Waals surface area contributed by atoms with Crippen LogP contribution in [0.2, 0.25) is 0 Å². The molecule has 0 spiro atoms. The monoisotopic (exact) mass is 609 g/mol. The van der Waals surface area contributed by atoms with Crippen LogP contribution < -0.4 is 16.0 Å². The molecule has 0 unspecified atom stereocenters. The summed E-state index contributed by atoms with van der Waals surface area (Å²) in [5.74, 6) is -1.04. The van der Waals surface area contributed by atoms with E-state index in [-0.39, 0.29) is 47.1 Å². The Kier molecular flexibility index (Phi) is 7.78. The van der Waals surface area contributed by atoms with Gasteiger partial charge in [-0.3, -0.25) is 9.59 Å². The van der Waals surface area contributed by atoms with Crippen LogP contribution in [-0.4, -0.2) is 31.3 Å². The Hall–Kier alpha value is -5.19. The maximum atomic E-state index is 15.0. The molecule has 0 radical (unpaired) electrons. The van der Waals surface area contributed by atoms with Gasteiger partial charge in [0.05, 0.1) is 11.7 Å². The fourth-order valence-corrected chi connectivity index (χ4v) is 5.44. The zero-order valence-corrected chi connectivity index (χ0v) is 25.4. The number of hydrogen-bond donors (Lipinski definition) is 3. The lowest BCUT2D eigenvalue weighted by molar-refractivity contribution is -0.134. The maximum absolute atomic E-state index is 15.0. The molecule has 1 aliphatic rings. The van der Waals surface area contributed by atoms with Gasteiger partial charge >= 0.3 is 0 Å². The molecular formula is C34H33F2N7O2. The minimum absolute atomic E-state index is 0.0341. The molecule has 230 valence electrons. The van der Waals surface area contributed by atoms with E-state index in [0.717, 1.165) is 17.3 Å². The second kappa shape index (κ2) is 11.7. The number of halogens is 2. The summed E-state index contributed by atoms with van der Waals surface area (Å²) in [5.41, 5.74) is 3.17. The van der Waals surface area contributed by atoms with Crippen LogP contribution in [0, 0.1) is 30.9 Å². The number of anilines is 3. The molecule has 45 heavy (non-hydrogen) atoms. The van der Waals surface area contributed by atoms with Gasteiger partial charge in [-0.2, -0.15) is 0 Å². The zero-order chi connectivity index (χ0) is 31.9. The average Bonchev–Trinajstić information content (AvgIpc) is 3.76. The first kappa shape index (κ1) is 29.9. The second-order valence-corrected chi connectivity index (χ2v) is 11.7. The third-order valence-corrected chi connectivity index (χ3v) is 8.05. The van der Waals surface area contributed by atoms with Crippen molar-refractivity contribution in [1.82, 2.24) is 24.8 Å². The average molecular weight is 610 g/mol. The summed E-state index contributed by atoms with van der Waals surface area (Å²) in [5, 5.41) is 8.79. The van der Waals surface area contributed by atoms with Crippen LogP contribution in [0.3, 0.4) is 0 Å². The molecule has 0 bridgehead atoms. The SMILES string of the molecule is Cc1ccc(NC(=O)C2(C(=O)NCc3ccc(Nc4ncc(F)c(-c5cc(F)c6nc(C)n(C(C)C)c6c5)n4)cc3)CC2)cc1. The predicted molar refractivity (Wildman–Crippen MR) is 169 cm³/mol. The van der Waals surface area contributed by atoms with Crippen molar-refractivity contribution < 1.29 is 18.4 Å². The summed E-state index contributed by atoms with van der Waals surface area (Å²) in [6.45, 7) is 7.96. The number of rotatable bonds is 9. The van der Waals surface area contributed by atoms with Crippen LogP contribution in [0.4, 0.5) is 26.1 Å². The Balaban J connectivity index is 1.12. The molecule has 2 heterocycles. The maximum Gasteiger partial charge on any atom is 0.240 e. The Morgan fingerprint density at radius 2 is 1.60 bits per heavy atom. The molecule has 2 amide bonds. The number of aryl methyl sites for hydroxylation is 2. The molecule has 1 saturated carbocycles. The van der Waals surface area contributed by atoms with Crippen molar-refractivity contribution in [3.63, 3.8) is 0 Å². The van der Waals surface area contributed by atoms with E-state index in [1.165, 1.54) is 6.07 Å². The molecule has 0 aliphatic heterocycles. The van der Waals surface area contributed by atoms with Gasteiger partial charge in [0.2, 0.25) is 17.8 Å². The van der Waals surface area contributed by atoms with Crippen molar-refractivity contribution in [2.45, 2.75) is 53.1 Å². The van der Waals surface area contributed by atoms with Gasteiger partial charge in [-0.1, -0.05) is 29.8 Å². The molecular weight excluding hydrogens is 576 g/mol. The van der Waals surface area contributed by atoms with Gasteiger partial charge in [-0.05, 0) is 82.5 Å². The number of carbonyl (C=O) groups excluding carboxylic acids is 2. The summed E-state index contributed by atoms with van der Waals surface area (Å²) in [4.78, 5) is 38.6. The third-order valence-electron chi connectivity index (χ3n) is 8.05. The molecule has 1 fully saturated rings. The summed E-state index contributed by atoms with van der Waals surface area (Å²) in [6.07, 6.45) is 2.05. The number of carbonyl (C=O) groups is 2. The van der Waals surface area contributed by atoms with Gasteiger partial charge in [0.25, 0.3) is 0 Å². The van der Waals surface area contributed by atoms with Gasteiger partial charge in [-0.15, -0.1) is 0 Å². The number of imidazole rings is 1. The van der Waals surface area contributed by atoms with Crippen molar-refractivity contribution in [3.8, 4) is 11.3 Å². The molecule has 1 aliphatic carbocycles. The van der Waals surface area contributed by atoms with E-state index in [1.807, 2.05) is 61.7 Å².